The minimum Gasteiger partial charge on any atom is -0.366 e. The Kier molecular flexibility index (Phi) is 29.2. The Morgan fingerprint density at radius 1 is 0.460 bits per heavy atom. The minimum absolute atomic E-state index is 0.00260. The second kappa shape index (κ2) is 40.4. The Morgan fingerprint density at radius 2 is 0.790 bits per heavy atom. The van der Waals surface area contributed by atoms with E-state index in [1.54, 1.807) is 99.5 Å². The van der Waals surface area contributed by atoms with Crippen molar-refractivity contribution in [3.8, 4) is 46.1 Å². The highest BCUT2D eigenvalue weighted by Crippen LogP contribution is 2.42. The number of nitrogens with one attached hydrogen (secondary N) is 3. The molecule has 0 spiro atoms. The molecule has 8 heterocycles. The summed E-state index contributed by atoms with van der Waals surface area (Å²) in [5, 5.41) is 6.07. The molecule has 4 aromatic carbocycles. The number of benzene rings is 4. The molecule has 124 heavy (non-hydrogen) atoms. The lowest BCUT2D eigenvalue weighted by Gasteiger charge is -2.36. The maximum Gasteiger partial charge on any atom is 0.259 e. The summed E-state index contributed by atoms with van der Waals surface area (Å²) in [5.74, 6) is 0.855. The summed E-state index contributed by atoms with van der Waals surface area (Å²) in [7, 11) is -1.65. The molecule has 4 aliphatic rings. The summed E-state index contributed by atoms with van der Waals surface area (Å²) in [5.41, 5.74) is 33.0. The summed E-state index contributed by atoms with van der Waals surface area (Å²) in [4.78, 5) is 123. The predicted molar refractivity (Wildman–Crippen MR) is 491 cm³/mol. The number of fused-ring (bicyclic) bond motifs is 4. The Hall–Kier alpha value is -12.2. The average Bonchev–Trinajstić information content (AvgIpc) is 1.63. The molecule has 0 bridgehead atoms. The number of sulfonamides is 1. The first-order valence-corrected chi connectivity index (χ1v) is 45.7. The van der Waals surface area contributed by atoms with Crippen LogP contribution in [0.4, 0.5) is 0 Å². The van der Waals surface area contributed by atoms with Gasteiger partial charge in [0, 0.05) is 109 Å². The van der Waals surface area contributed by atoms with E-state index in [2.05, 4.69) is 72.8 Å². The third-order valence-corrected chi connectivity index (χ3v) is 27.3. The van der Waals surface area contributed by atoms with Crippen molar-refractivity contribution in [2.45, 2.75) is 172 Å². The second-order valence-electron chi connectivity index (χ2n) is 31.2. The van der Waals surface area contributed by atoms with Gasteiger partial charge in [0.05, 0.1) is 53.9 Å². The standard InChI is InChI=1S/C25H29N5O2S.C23H27N5O3S2.C22H23N5O2S.C21H23N5O2/c1-4-22(33-3)25(32)29(2)17-8-7-9-18(15-17)30-21-12-11-16(23(26)31)14-20(21)28-24(30)19-10-5-6-13-27-19;1-3-21(32-2)33(30,31)27-16-7-6-8-17(14-16)28-20-11-10-15(22(24)29)13-19(20)26-23(28)18-9-4-5-12-25-18;1-13(30)22(29)25-15-5-4-6-16(12-15)27-19-9-8-14(20(23)28)11-18(19)26-21(27)17-7-2-3-10-24-17;1-13(27)24-15-5-4-6-16(12-15)26-19-9-8-14(20(22)28)11-18(19)25-21(26)17-7-2-3-10-23-17/h4-6,10-14,17-18H,7-9,15H2,1-3H3,(H2,26,31);3-5,9-13,16-17,27H,6-8,14H2,1-2H3,(H2,24,29);2-3,7-11,15-16,30H,1,4-6,12H2,(H2,23,28)(H,25,29);2-3,7-11,15-16H,4-6,12H2,1H3,(H2,22,28)(H,24,27)/b22-4-;21-3+;;. The lowest BCUT2D eigenvalue weighted by Crippen LogP contribution is -2.41. The van der Waals surface area contributed by atoms with E-state index in [-0.39, 0.29) is 71.0 Å². The highest BCUT2D eigenvalue weighted by atomic mass is 32.3. The molecule has 16 rings (SSSR count). The SMILES string of the molecule is C/C=C(\SC)C(=O)N(C)C1CCCC(n2c(-c3ccccn3)nc3cc(C(N)=O)ccc32)C1.C/C=C(\SC)S(=O)(=O)NC1CCCC(n2c(-c3ccccn3)nc3cc(C(N)=O)ccc32)C1.C=C(S)C(=O)NC1CCCC(n2c(-c3ccccn3)nc3cc(C(N)=O)ccc32)C1.CC(=O)NC1CCCC(n2c(-c3ccccn3)nc3cc(C(N)=O)ccc32)C1. The Bertz CT molecular complexity index is 6140. The van der Waals surface area contributed by atoms with Crippen molar-refractivity contribution in [1.29, 1.82) is 0 Å². The Labute approximate surface area is 733 Å². The van der Waals surface area contributed by atoms with Gasteiger partial charge < -0.3 is 56.7 Å². The van der Waals surface area contributed by atoms with Gasteiger partial charge in [0.2, 0.25) is 39.6 Å². The van der Waals surface area contributed by atoms with Crippen molar-refractivity contribution < 1.29 is 42.0 Å². The van der Waals surface area contributed by atoms with Crippen LogP contribution in [0.3, 0.4) is 0 Å². The summed E-state index contributed by atoms with van der Waals surface area (Å²) < 4.78 is 37.5. The van der Waals surface area contributed by atoms with E-state index in [4.69, 9.17) is 42.9 Å². The molecule has 12 aromatic rings. The number of carbonyl (C=O) groups is 7. The third kappa shape index (κ3) is 20.7. The fourth-order valence-corrected chi connectivity index (χ4v) is 20.3. The van der Waals surface area contributed by atoms with E-state index in [0.717, 1.165) is 175 Å². The van der Waals surface area contributed by atoms with Crippen LogP contribution in [0.1, 0.15) is 189 Å². The first-order chi connectivity index (χ1) is 59.7. The van der Waals surface area contributed by atoms with Gasteiger partial charge in [-0.2, -0.15) is 0 Å². The maximum atomic E-state index is 13.0. The number of rotatable bonds is 22. The summed E-state index contributed by atoms with van der Waals surface area (Å²) in [6.45, 7) is 8.78. The summed E-state index contributed by atoms with van der Waals surface area (Å²) in [6.07, 6.45) is 28.5. The van der Waals surface area contributed by atoms with Crippen LogP contribution in [0.5, 0.6) is 0 Å². The zero-order chi connectivity index (χ0) is 88.0. The van der Waals surface area contributed by atoms with Crippen LogP contribution >= 0.6 is 36.2 Å². The van der Waals surface area contributed by atoms with Gasteiger partial charge in [-0.1, -0.05) is 43.0 Å². The van der Waals surface area contributed by atoms with E-state index in [0.29, 0.717) is 49.8 Å². The number of allylic oxidation sites excluding steroid dienone is 2. The number of amides is 7. The molecule has 11 N–H and O–H groups in total. The van der Waals surface area contributed by atoms with Gasteiger partial charge in [0.1, 0.15) is 27.0 Å². The van der Waals surface area contributed by atoms with Crippen LogP contribution in [-0.4, -0.2) is 157 Å². The van der Waals surface area contributed by atoms with Crippen molar-refractivity contribution in [3.05, 3.63) is 225 Å². The van der Waals surface area contributed by atoms with Crippen molar-refractivity contribution in [2.24, 2.45) is 22.9 Å². The van der Waals surface area contributed by atoms with E-state index >= 15 is 0 Å². The molecule has 29 nitrogen and oxygen atoms in total. The van der Waals surface area contributed by atoms with Gasteiger partial charge in [0.15, 0.2) is 23.3 Å². The fraction of sp³-hybridized carbons (Fsp3) is 0.330. The topological polar surface area (TPSA) is 420 Å². The lowest BCUT2D eigenvalue weighted by atomic mass is 9.89. The number of likely N-dealkylation sites (N-methyl/N-ethyl adjacent to an activating group) is 1. The molecule has 0 radical (unpaired) electrons. The largest absolute Gasteiger partial charge is 0.366 e. The second-order valence-corrected chi connectivity index (χ2v) is 35.4. The number of carbonyl (C=O) groups excluding carboxylic acids is 7. The number of thioether (sulfide) groups is 2. The number of imidazole rings is 4. The first kappa shape index (κ1) is 89.6. The Balaban J connectivity index is 0.000000142. The number of thiol groups is 1. The molecule has 8 atom stereocenters. The maximum absolute atomic E-state index is 13.0. The Morgan fingerprint density at radius 3 is 1.09 bits per heavy atom. The van der Waals surface area contributed by atoms with E-state index < -0.39 is 33.7 Å². The number of primary amides is 4. The molecule has 4 aliphatic carbocycles. The highest BCUT2D eigenvalue weighted by molar-refractivity contribution is 8.17. The predicted octanol–water partition coefficient (Wildman–Crippen LogP) is 14.3. The van der Waals surface area contributed by atoms with Gasteiger partial charge >= 0.3 is 0 Å². The molecule has 33 heteroatoms. The molecular formula is C91H102N20O9S4. The van der Waals surface area contributed by atoms with Gasteiger partial charge in [-0.3, -0.25) is 53.5 Å². The van der Waals surface area contributed by atoms with Crippen molar-refractivity contribution in [3.63, 3.8) is 0 Å². The first-order valence-electron chi connectivity index (χ1n) is 41.3. The molecule has 7 amide bonds. The van der Waals surface area contributed by atoms with E-state index in [9.17, 15) is 42.0 Å². The van der Waals surface area contributed by atoms with Gasteiger partial charge in [0.25, 0.3) is 11.8 Å². The molecule has 0 aliphatic heterocycles. The van der Waals surface area contributed by atoms with E-state index in [1.165, 1.54) is 23.5 Å². The average molecular weight is 1750 g/mol. The highest BCUT2D eigenvalue weighted by Gasteiger charge is 2.36. The zero-order valence-electron chi connectivity index (χ0n) is 69.9. The number of aromatic nitrogens is 12. The minimum atomic E-state index is -3.55. The van der Waals surface area contributed by atoms with Crippen LogP contribution in [0.2, 0.25) is 0 Å². The molecule has 8 unspecified atom stereocenters. The third-order valence-electron chi connectivity index (χ3n) is 23.1. The lowest BCUT2D eigenvalue weighted by molar-refractivity contribution is -0.128. The molecule has 644 valence electrons. The van der Waals surface area contributed by atoms with Crippen LogP contribution in [0, 0.1) is 0 Å². The summed E-state index contributed by atoms with van der Waals surface area (Å²) in [6, 6.07) is 44.8. The fourth-order valence-electron chi connectivity index (χ4n) is 17.4. The van der Waals surface area contributed by atoms with Gasteiger partial charge in [-0.25, -0.2) is 33.1 Å². The number of hydrogen-bond acceptors (Lipinski definition) is 20. The zero-order valence-corrected chi connectivity index (χ0v) is 73.3. The van der Waals surface area contributed by atoms with Crippen molar-refractivity contribution in [1.82, 2.24) is 78.4 Å². The number of hydrogen-bond donors (Lipinski definition) is 8. The number of nitrogens with two attached hydrogens (primary N) is 4. The molecule has 4 fully saturated rings. The smallest absolute Gasteiger partial charge is 0.259 e. The molecular weight excluding hydrogens is 1650 g/mol. The van der Waals surface area contributed by atoms with Crippen LogP contribution < -0.4 is 38.3 Å². The van der Waals surface area contributed by atoms with E-state index in [1.807, 2.05) is 128 Å². The number of pyridine rings is 4. The van der Waals surface area contributed by atoms with Crippen molar-refractivity contribution >= 4 is 132 Å². The molecule has 4 saturated carbocycles. The van der Waals surface area contributed by atoms with Crippen molar-refractivity contribution in [2.75, 3.05) is 19.6 Å². The quantitative estimate of drug-likeness (QED) is 0.0231. The van der Waals surface area contributed by atoms with Crippen LogP contribution in [0.15, 0.2) is 203 Å². The number of nitrogens with zero attached hydrogens (tertiary/aromatic N) is 13. The van der Waals surface area contributed by atoms with Gasteiger partial charge in [-0.15, -0.1) is 36.2 Å². The molecule has 8 aromatic heterocycles. The summed E-state index contributed by atoms with van der Waals surface area (Å²) >= 11 is 6.75. The van der Waals surface area contributed by atoms with Crippen LogP contribution in [0.25, 0.3) is 90.2 Å². The monoisotopic (exact) mass is 1750 g/mol. The normalized spacial score (nSPS) is 19.2. The molecule has 0 saturated heterocycles. The van der Waals surface area contributed by atoms with Gasteiger partial charge in [-0.05, 0) is 250 Å². The van der Waals surface area contributed by atoms with Crippen LogP contribution in [-0.2, 0) is 24.4 Å².